The number of hydrogen-bond acceptors (Lipinski definition) is 2. The topological polar surface area (TPSA) is 38.3 Å². The first-order valence-electron chi connectivity index (χ1n) is 7.63. The van der Waals surface area contributed by atoms with E-state index in [9.17, 15) is 4.79 Å². The molecule has 22 heavy (non-hydrogen) atoms. The fraction of sp³-hybridized carbons (Fsp3) is 0.316. The summed E-state index contributed by atoms with van der Waals surface area (Å²) in [5, 5.41) is 2.95. The summed E-state index contributed by atoms with van der Waals surface area (Å²) < 4.78 is 5.96. The maximum Gasteiger partial charge on any atom is 0.255 e. The molecule has 3 heteroatoms. The monoisotopic (exact) mass is 295 g/mol. The largest absolute Gasteiger partial charge is 0.488 e. The molecule has 0 aromatic heterocycles. The van der Waals surface area contributed by atoms with Crippen LogP contribution in [0.15, 0.2) is 42.5 Å². The zero-order valence-electron chi connectivity index (χ0n) is 13.3. The van der Waals surface area contributed by atoms with Crippen LogP contribution in [0.2, 0.25) is 0 Å². The summed E-state index contributed by atoms with van der Waals surface area (Å²) in [6.45, 7) is 6.21. The molecule has 1 N–H and O–H groups in total. The Morgan fingerprint density at radius 3 is 2.59 bits per heavy atom. The highest BCUT2D eigenvalue weighted by molar-refractivity contribution is 6.04. The van der Waals surface area contributed by atoms with E-state index in [1.807, 2.05) is 49.4 Å². The molecule has 1 amide bonds. The first-order chi connectivity index (χ1) is 10.4. The highest BCUT2D eigenvalue weighted by atomic mass is 16.5. The Bertz CT molecular complexity index is 702. The molecule has 0 bridgehead atoms. The van der Waals surface area contributed by atoms with E-state index < -0.39 is 0 Å². The Morgan fingerprint density at radius 2 is 1.86 bits per heavy atom. The first-order valence-corrected chi connectivity index (χ1v) is 7.63. The van der Waals surface area contributed by atoms with Crippen molar-refractivity contribution in [1.82, 2.24) is 0 Å². The van der Waals surface area contributed by atoms with Gasteiger partial charge >= 0.3 is 0 Å². The van der Waals surface area contributed by atoms with E-state index in [1.54, 1.807) is 0 Å². The van der Waals surface area contributed by atoms with Crippen LogP contribution in [0.4, 0.5) is 5.69 Å². The normalized spacial score (nSPS) is 15.6. The maximum absolute atomic E-state index is 12.3. The van der Waals surface area contributed by atoms with Gasteiger partial charge in [0.25, 0.3) is 5.91 Å². The predicted molar refractivity (Wildman–Crippen MR) is 88.6 cm³/mol. The van der Waals surface area contributed by atoms with Crippen LogP contribution in [0.5, 0.6) is 5.75 Å². The summed E-state index contributed by atoms with van der Waals surface area (Å²) >= 11 is 0. The van der Waals surface area contributed by atoms with Crippen molar-refractivity contribution in [2.75, 3.05) is 5.32 Å². The molecule has 2 aromatic carbocycles. The van der Waals surface area contributed by atoms with Crippen molar-refractivity contribution < 1.29 is 9.53 Å². The third-order valence-electron chi connectivity index (χ3n) is 4.01. The Morgan fingerprint density at radius 1 is 1.14 bits per heavy atom. The number of fused-ring (bicyclic) bond motifs is 1. The summed E-state index contributed by atoms with van der Waals surface area (Å²) in [6.07, 6.45) is 1.95. The second-order valence-electron chi connectivity index (χ2n) is 6.50. The lowest BCUT2D eigenvalue weighted by molar-refractivity contribution is 0.0847. The van der Waals surface area contributed by atoms with Crippen molar-refractivity contribution in [3.8, 4) is 5.75 Å². The smallest absolute Gasteiger partial charge is 0.255 e. The van der Waals surface area contributed by atoms with Gasteiger partial charge in [0, 0.05) is 11.3 Å². The molecule has 2 aromatic rings. The van der Waals surface area contributed by atoms with Crippen molar-refractivity contribution in [3.63, 3.8) is 0 Å². The van der Waals surface area contributed by atoms with Gasteiger partial charge in [-0.1, -0.05) is 17.7 Å². The standard InChI is InChI=1S/C19H21NO2/c1-13-4-6-14(7-5-13)18(21)20-16-8-9-17-15(12-16)10-11-19(2,3)22-17/h4-9,12H,10-11H2,1-3H3,(H,20,21). The van der Waals surface area contributed by atoms with Gasteiger partial charge in [0.15, 0.2) is 0 Å². The summed E-state index contributed by atoms with van der Waals surface area (Å²) in [4.78, 5) is 12.3. The fourth-order valence-electron chi connectivity index (χ4n) is 2.64. The van der Waals surface area contributed by atoms with Crippen LogP contribution >= 0.6 is 0 Å². The van der Waals surface area contributed by atoms with E-state index in [2.05, 4.69) is 19.2 Å². The summed E-state index contributed by atoms with van der Waals surface area (Å²) in [7, 11) is 0. The summed E-state index contributed by atoms with van der Waals surface area (Å²) in [5.41, 5.74) is 3.67. The molecule has 0 unspecified atom stereocenters. The van der Waals surface area contributed by atoms with Crippen molar-refractivity contribution >= 4 is 11.6 Å². The van der Waals surface area contributed by atoms with Crippen molar-refractivity contribution in [2.45, 2.75) is 39.2 Å². The molecule has 1 aliphatic rings. The Labute approximate surface area is 131 Å². The van der Waals surface area contributed by atoms with E-state index in [0.29, 0.717) is 5.56 Å². The number of benzene rings is 2. The van der Waals surface area contributed by atoms with Crippen LogP contribution in [0.1, 0.15) is 41.8 Å². The molecule has 0 saturated heterocycles. The number of nitrogens with one attached hydrogen (secondary N) is 1. The van der Waals surface area contributed by atoms with Gasteiger partial charge in [-0.05, 0) is 69.5 Å². The van der Waals surface area contributed by atoms with Gasteiger partial charge < -0.3 is 10.1 Å². The average molecular weight is 295 g/mol. The first kappa shape index (κ1) is 14.6. The van der Waals surface area contributed by atoms with Gasteiger partial charge in [0.05, 0.1) is 0 Å². The Balaban J connectivity index is 1.76. The van der Waals surface area contributed by atoms with Crippen molar-refractivity contribution in [2.24, 2.45) is 0 Å². The Kier molecular flexibility index (Phi) is 3.65. The van der Waals surface area contributed by atoms with Crippen molar-refractivity contribution in [3.05, 3.63) is 59.2 Å². The summed E-state index contributed by atoms with van der Waals surface area (Å²) in [5.74, 6) is 0.835. The fourth-order valence-corrected chi connectivity index (χ4v) is 2.64. The highest BCUT2D eigenvalue weighted by Gasteiger charge is 2.26. The number of anilines is 1. The van der Waals surface area contributed by atoms with Gasteiger partial charge in [-0.15, -0.1) is 0 Å². The van der Waals surface area contributed by atoms with Gasteiger partial charge in [-0.3, -0.25) is 4.79 Å². The van der Waals surface area contributed by atoms with Gasteiger partial charge in [-0.2, -0.15) is 0 Å². The molecular weight excluding hydrogens is 274 g/mol. The maximum atomic E-state index is 12.3. The third kappa shape index (κ3) is 3.14. The molecule has 0 aliphatic carbocycles. The SMILES string of the molecule is Cc1ccc(C(=O)Nc2ccc3c(c2)CCC(C)(C)O3)cc1. The molecule has 1 heterocycles. The second kappa shape index (κ2) is 5.48. The number of amides is 1. The quantitative estimate of drug-likeness (QED) is 0.894. The zero-order chi connectivity index (χ0) is 15.7. The predicted octanol–water partition coefficient (Wildman–Crippen LogP) is 4.35. The van der Waals surface area contributed by atoms with Gasteiger partial charge in [0.2, 0.25) is 0 Å². The molecule has 0 atom stereocenters. The zero-order valence-corrected chi connectivity index (χ0v) is 13.3. The summed E-state index contributed by atoms with van der Waals surface area (Å²) in [6, 6.07) is 13.4. The van der Waals surface area contributed by atoms with Crippen LogP contribution in [0.3, 0.4) is 0 Å². The van der Waals surface area contributed by atoms with Crippen LogP contribution in [0.25, 0.3) is 0 Å². The molecule has 0 fully saturated rings. The van der Waals surface area contributed by atoms with Crippen LogP contribution in [-0.2, 0) is 6.42 Å². The number of carbonyl (C=O) groups excluding carboxylic acids is 1. The number of rotatable bonds is 2. The lowest BCUT2D eigenvalue weighted by atomic mass is 9.94. The number of carbonyl (C=O) groups is 1. The minimum Gasteiger partial charge on any atom is -0.488 e. The van der Waals surface area contributed by atoms with Crippen LogP contribution < -0.4 is 10.1 Å². The van der Waals surface area contributed by atoms with Crippen molar-refractivity contribution in [1.29, 1.82) is 0 Å². The molecule has 0 radical (unpaired) electrons. The molecule has 1 aliphatic heterocycles. The molecule has 114 valence electrons. The number of ether oxygens (including phenoxy) is 1. The molecular formula is C19H21NO2. The van der Waals surface area contributed by atoms with E-state index in [1.165, 1.54) is 0 Å². The van der Waals surface area contributed by atoms with E-state index in [4.69, 9.17) is 4.74 Å². The van der Waals surface area contributed by atoms with E-state index >= 15 is 0 Å². The molecule has 3 nitrogen and oxygen atoms in total. The second-order valence-corrected chi connectivity index (χ2v) is 6.50. The van der Waals surface area contributed by atoms with Crippen LogP contribution in [-0.4, -0.2) is 11.5 Å². The lowest BCUT2D eigenvalue weighted by Crippen LogP contribution is -2.32. The van der Waals surface area contributed by atoms with E-state index in [-0.39, 0.29) is 11.5 Å². The minimum absolute atomic E-state index is 0.0861. The Hall–Kier alpha value is -2.29. The van der Waals surface area contributed by atoms with Gasteiger partial charge in [-0.25, -0.2) is 0 Å². The van der Waals surface area contributed by atoms with E-state index in [0.717, 1.165) is 35.4 Å². The number of aryl methyl sites for hydroxylation is 2. The molecule has 0 saturated carbocycles. The number of hydrogen-bond donors (Lipinski definition) is 1. The average Bonchev–Trinajstić information content (AvgIpc) is 2.47. The third-order valence-corrected chi connectivity index (χ3v) is 4.01. The van der Waals surface area contributed by atoms with Crippen LogP contribution in [0, 0.1) is 6.92 Å². The minimum atomic E-state index is -0.111. The molecule has 3 rings (SSSR count). The molecule has 0 spiro atoms. The lowest BCUT2D eigenvalue weighted by Gasteiger charge is -2.32. The van der Waals surface area contributed by atoms with Gasteiger partial charge in [0.1, 0.15) is 11.4 Å². The highest BCUT2D eigenvalue weighted by Crippen LogP contribution is 2.34.